The molecule has 0 aliphatic carbocycles. The van der Waals surface area contributed by atoms with Crippen molar-refractivity contribution in [2.75, 3.05) is 49.1 Å². The summed E-state index contributed by atoms with van der Waals surface area (Å²) in [5.74, 6) is 0. The molecule has 0 bridgehead atoms. The molecule has 2 saturated heterocycles. The van der Waals surface area contributed by atoms with E-state index in [1.165, 1.54) is 29.6 Å². The Kier molecular flexibility index (Phi) is 5.36. The van der Waals surface area contributed by atoms with Crippen LogP contribution in [-0.2, 0) is 4.74 Å². The van der Waals surface area contributed by atoms with E-state index >= 15 is 0 Å². The number of aromatic nitrogens is 1. The van der Waals surface area contributed by atoms with Crippen LogP contribution in [0.3, 0.4) is 0 Å². The zero-order chi connectivity index (χ0) is 19.7. The number of ether oxygens (including phenoxy) is 1. The lowest BCUT2D eigenvalue weighted by molar-refractivity contribution is 0.0240. The number of piperidine rings is 1. The molecule has 6 nitrogen and oxygen atoms in total. The SMILES string of the molecule is CC(C)(C)OC(=O)N1CCN(c2nc3ccc(N4CCCCC4)cc3s2)CC1. The normalized spacial score (nSPS) is 18.6. The van der Waals surface area contributed by atoms with Crippen LogP contribution in [-0.4, -0.2) is 60.8 Å². The van der Waals surface area contributed by atoms with Crippen LogP contribution in [0.1, 0.15) is 40.0 Å². The molecule has 2 fully saturated rings. The van der Waals surface area contributed by atoms with E-state index in [0.717, 1.165) is 36.8 Å². The zero-order valence-corrected chi connectivity index (χ0v) is 17.9. The van der Waals surface area contributed by atoms with Crippen molar-refractivity contribution in [1.82, 2.24) is 9.88 Å². The highest BCUT2D eigenvalue weighted by atomic mass is 32.1. The number of piperazine rings is 1. The average Bonchev–Trinajstić information content (AvgIpc) is 3.11. The second-order valence-corrected chi connectivity index (χ2v) is 9.66. The Morgan fingerprint density at radius 2 is 1.71 bits per heavy atom. The van der Waals surface area contributed by atoms with E-state index in [4.69, 9.17) is 9.72 Å². The van der Waals surface area contributed by atoms with Gasteiger partial charge in [0, 0.05) is 45.0 Å². The highest BCUT2D eigenvalue weighted by molar-refractivity contribution is 7.22. The number of rotatable bonds is 2. The molecule has 1 amide bonds. The van der Waals surface area contributed by atoms with Crippen LogP contribution in [0.2, 0.25) is 0 Å². The number of benzene rings is 1. The molecule has 0 atom stereocenters. The number of hydrogen-bond acceptors (Lipinski definition) is 6. The lowest BCUT2D eigenvalue weighted by Gasteiger charge is -2.35. The molecule has 4 rings (SSSR count). The fraction of sp³-hybridized carbons (Fsp3) is 0.619. The highest BCUT2D eigenvalue weighted by Crippen LogP contribution is 2.33. The molecule has 1 aromatic heterocycles. The maximum Gasteiger partial charge on any atom is 0.410 e. The minimum absolute atomic E-state index is 0.220. The summed E-state index contributed by atoms with van der Waals surface area (Å²) in [6, 6.07) is 6.65. The van der Waals surface area contributed by atoms with E-state index in [1.54, 1.807) is 16.2 Å². The summed E-state index contributed by atoms with van der Waals surface area (Å²) >= 11 is 1.76. The Morgan fingerprint density at radius 1 is 1.00 bits per heavy atom. The third kappa shape index (κ3) is 4.35. The first-order valence-corrected chi connectivity index (χ1v) is 11.1. The number of carbonyl (C=O) groups is 1. The highest BCUT2D eigenvalue weighted by Gasteiger charge is 2.27. The summed E-state index contributed by atoms with van der Waals surface area (Å²) in [5.41, 5.74) is 1.93. The van der Waals surface area contributed by atoms with Gasteiger partial charge in [0.15, 0.2) is 5.13 Å². The number of nitrogens with zero attached hydrogens (tertiary/aromatic N) is 4. The Labute approximate surface area is 171 Å². The molecule has 7 heteroatoms. The summed E-state index contributed by atoms with van der Waals surface area (Å²) in [5, 5.41) is 1.05. The maximum atomic E-state index is 12.3. The van der Waals surface area contributed by atoms with E-state index in [2.05, 4.69) is 28.0 Å². The Bertz CT molecular complexity index is 831. The van der Waals surface area contributed by atoms with E-state index < -0.39 is 5.60 Å². The Morgan fingerprint density at radius 3 is 2.39 bits per heavy atom. The lowest BCUT2D eigenvalue weighted by atomic mass is 10.1. The van der Waals surface area contributed by atoms with Crippen molar-refractivity contribution in [3.63, 3.8) is 0 Å². The lowest BCUT2D eigenvalue weighted by Crippen LogP contribution is -2.50. The molecule has 2 aromatic rings. The van der Waals surface area contributed by atoms with Gasteiger partial charge in [0.1, 0.15) is 5.60 Å². The van der Waals surface area contributed by atoms with Crippen LogP contribution in [0.15, 0.2) is 18.2 Å². The van der Waals surface area contributed by atoms with Gasteiger partial charge in [0.25, 0.3) is 0 Å². The molecule has 0 unspecified atom stereocenters. The maximum absolute atomic E-state index is 12.3. The monoisotopic (exact) mass is 402 g/mol. The van der Waals surface area contributed by atoms with Crippen LogP contribution < -0.4 is 9.80 Å². The van der Waals surface area contributed by atoms with Gasteiger partial charge in [-0.05, 0) is 58.2 Å². The molecule has 0 radical (unpaired) electrons. The summed E-state index contributed by atoms with van der Waals surface area (Å²) in [6.45, 7) is 10.9. The molecular formula is C21H30N4O2S. The van der Waals surface area contributed by atoms with Crippen LogP contribution in [0, 0.1) is 0 Å². The number of amides is 1. The number of hydrogen-bond donors (Lipinski definition) is 0. The van der Waals surface area contributed by atoms with Crippen molar-refractivity contribution >= 4 is 38.5 Å². The molecule has 0 spiro atoms. The van der Waals surface area contributed by atoms with Crippen molar-refractivity contribution in [3.05, 3.63) is 18.2 Å². The molecule has 2 aliphatic heterocycles. The first kappa shape index (κ1) is 19.3. The largest absolute Gasteiger partial charge is 0.444 e. The van der Waals surface area contributed by atoms with Gasteiger partial charge >= 0.3 is 6.09 Å². The smallest absolute Gasteiger partial charge is 0.410 e. The third-order valence-electron chi connectivity index (χ3n) is 5.28. The number of fused-ring (bicyclic) bond motifs is 1. The fourth-order valence-corrected chi connectivity index (χ4v) is 4.84. The van der Waals surface area contributed by atoms with Crippen molar-refractivity contribution in [2.24, 2.45) is 0 Å². The number of carbonyl (C=O) groups excluding carboxylic acids is 1. The average molecular weight is 403 g/mol. The minimum atomic E-state index is -0.451. The fourth-order valence-electron chi connectivity index (χ4n) is 3.79. The molecule has 3 heterocycles. The first-order chi connectivity index (χ1) is 13.4. The Hall–Kier alpha value is -2.02. The van der Waals surface area contributed by atoms with Crippen molar-refractivity contribution in [1.29, 1.82) is 0 Å². The van der Waals surface area contributed by atoms with Crippen molar-refractivity contribution in [3.8, 4) is 0 Å². The van der Waals surface area contributed by atoms with Gasteiger partial charge in [-0.1, -0.05) is 11.3 Å². The third-order valence-corrected chi connectivity index (χ3v) is 6.36. The topological polar surface area (TPSA) is 48.9 Å². The summed E-state index contributed by atoms with van der Waals surface area (Å²) in [7, 11) is 0. The second kappa shape index (κ2) is 7.78. The van der Waals surface area contributed by atoms with Crippen LogP contribution in [0.5, 0.6) is 0 Å². The van der Waals surface area contributed by atoms with E-state index in [1.807, 2.05) is 20.8 Å². The van der Waals surface area contributed by atoms with Gasteiger partial charge in [0.05, 0.1) is 10.2 Å². The van der Waals surface area contributed by atoms with Crippen molar-refractivity contribution in [2.45, 2.75) is 45.6 Å². The first-order valence-electron chi connectivity index (χ1n) is 10.3. The van der Waals surface area contributed by atoms with Gasteiger partial charge < -0.3 is 19.4 Å². The number of thiazole rings is 1. The predicted octanol–water partition coefficient (Wildman–Crippen LogP) is 4.34. The van der Waals surface area contributed by atoms with E-state index in [9.17, 15) is 4.79 Å². The van der Waals surface area contributed by atoms with E-state index in [-0.39, 0.29) is 6.09 Å². The van der Waals surface area contributed by atoms with E-state index in [0.29, 0.717) is 13.1 Å². The molecule has 0 saturated carbocycles. The van der Waals surface area contributed by atoms with Crippen molar-refractivity contribution < 1.29 is 9.53 Å². The Balaban J connectivity index is 1.41. The molecule has 152 valence electrons. The summed E-state index contributed by atoms with van der Waals surface area (Å²) in [4.78, 5) is 23.7. The van der Waals surface area contributed by atoms with Crippen LogP contribution >= 0.6 is 11.3 Å². The summed E-state index contributed by atoms with van der Waals surface area (Å²) in [6.07, 6.45) is 3.70. The second-order valence-electron chi connectivity index (χ2n) is 8.65. The zero-order valence-electron chi connectivity index (χ0n) is 17.1. The molecular weight excluding hydrogens is 372 g/mol. The van der Waals surface area contributed by atoms with Gasteiger partial charge in [-0.3, -0.25) is 0 Å². The molecule has 0 N–H and O–H groups in total. The van der Waals surface area contributed by atoms with Crippen LogP contribution in [0.25, 0.3) is 10.2 Å². The van der Waals surface area contributed by atoms with Crippen LogP contribution in [0.4, 0.5) is 15.6 Å². The quantitative estimate of drug-likeness (QED) is 0.748. The number of anilines is 2. The van der Waals surface area contributed by atoms with Gasteiger partial charge in [-0.25, -0.2) is 9.78 Å². The predicted molar refractivity (Wildman–Crippen MR) is 116 cm³/mol. The molecule has 1 aromatic carbocycles. The van der Waals surface area contributed by atoms with Gasteiger partial charge in [-0.15, -0.1) is 0 Å². The molecule has 28 heavy (non-hydrogen) atoms. The standard InChI is InChI=1S/C21H30N4O2S/c1-21(2,3)27-20(26)25-13-11-24(12-14-25)19-22-17-8-7-16(15-18(17)28-19)23-9-5-4-6-10-23/h7-8,15H,4-6,9-14H2,1-3H3. The van der Waals surface area contributed by atoms with Gasteiger partial charge in [-0.2, -0.15) is 0 Å². The molecule has 2 aliphatic rings. The summed E-state index contributed by atoms with van der Waals surface area (Å²) < 4.78 is 6.73. The van der Waals surface area contributed by atoms with Gasteiger partial charge in [0.2, 0.25) is 0 Å². The minimum Gasteiger partial charge on any atom is -0.444 e.